The van der Waals surface area contributed by atoms with Crippen molar-refractivity contribution >= 4 is 11.8 Å². The molecule has 5 heteroatoms. The largest absolute Gasteiger partial charge is 0.493 e. The third kappa shape index (κ3) is 4.77. The minimum atomic E-state index is 0.377. The number of ether oxygens (including phenoxy) is 1. The topological polar surface area (TPSA) is 50.8 Å². The molecule has 2 aromatic rings. The first-order valence-electron chi connectivity index (χ1n) is 7.34. The zero-order valence-corrected chi connectivity index (χ0v) is 13.9. The summed E-state index contributed by atoms with van der Waals surface area (Å²) < 4.78 is 5.73. The van der Waals surface area contributed by atoms with E-state index in [0.717, 1.165) is 22.5 Å². The Hall–Kier alpha value is -1.49. The third-order valence-corrected chi connectivity index (χ3v) is 3.97. The van der Waals surface area contributed by atoms with Crippen molar-refractivity contribution in [2.24, 2.45) is 0 Å². The molecular weight excluding hydrogens is 282 g/mol. The number of rotatable bonds is 7. The van der Waals surface area contributed by atoms with Crippen LogP contribution in [-0.2, 0) is 0 Å². The predicted molar refractivity (Wildman–Crippen MR) is 87.2 cm³/mol. The molecule has 0 aliphatic rings. The molecule has 0 fully saturated rings. The Morgan fingerprint density at radius 1 is 1.10 bits per heavy atom. The molecule has 2 rings (SSSR count). The van der Waals surface area contributed by atoms with Crippen LogP contribution in [0.2, 0.25) is 0 Å². The van der Waals surface area contributed by atoms with Gasteiger partial charge in [-0.15, -0.1) is 5.10 Å². The van der Waals surface area contributed by atoms with Gasteiger partial charge in [-0.05, 0) is 23.6 Å². The normalized spacial score (nSPS) is 11.3. The van der Waals surface area contributed by atoms with Gasteiger partial charge < -0.3 is 4.74 Å². The van der Waals surface area contributed by atoms with Crippen molar-refractivity contribution in [3.8, 4) is 5.75 Å². The molecule has 1 aromatic heterocycles. The fourth-order valence-electron chi connectivity index (χ4n) is 1.82. The number of aromatic amines is 1. The number of nitrogens with one attached hydrogen (secondary N) is 1. The van der Waals surface area contributed by atoms with Crippen molar-refractivity contribution in [1.82, 2.24) is 15.2 Å². The Morgan fingerprint density at radius 3 is 2.38 bits per heavy atom. The maximum absolute atomic E-state index is 5.73. The molecule has 114 valence electrons. The van der Waals surface area contributed by atoms with Gasteiger partial charge in [0.25, 0.3) is 0 Å². The van der Waals surface area contributed by atoms with Gasteiger partial charge in [0.2, 0.25) is 5.16 Å². The molecule has 21 heavy (non-hydrogen) atoms. The molecule has 0 saturated carbocycles. The van der Waals surface area contributed by atoms with Gasteiger partial charge in [-0.2, -0.15) is 0 Å². The first-order chi connectivity index (χ1) is 10.1. The molecule has 0 atom stereocenters. The molecule has 4 nitrogen and oxygen atoms in total. The Bertz CT molecular complexity index is 549. The summed E-state index contributed by atoms with van der Waals surface area (Å²) >= 11 is 1.61. The van der Waals surface area contributed by atoms with Crippen LogP contribution in [0.5, 0.6) is 5.75 Å². The number of benzene rings is 1. The summed E-state index contributed by atoms with van der Waals surface area (Å²) in [6, 6.07) is 8.31. The van der Waals surface area contributed by atoms with Gasteiger partial charge in [-0.1, -0.05) is 51.6 Å². The van der Waals surface area contributed by atoms with E-state index in [0.29, 0.717) is 18.4 Å². The van der Waals surface area contributed by atoms with E-state index in [1.54, 1.807) is 11.8 Å². The monoisotopic (exact) mass is 305 g/mol. The van der Waals surface area contributed by atoms with Crippen molar-refractivity contribution in [2.45, 2.75) is 44.7 Å². The highest BCUT2D eigenvalue weighted by atomic mass is 32.2. The number of H-pyrrole nitrogens is 1. The molecule has 1 heterocycles. The van der Waals surface area contributed by atoms with Gasteiger partial charge in [-0.3, -0.25) is 5.10 Å². The van der Waals surface area contributed by atoms with Gasteiger partial charge >= 0.3 is 0 Å². The van der Waals surface area contributed by atoms with Crippen LogP contribution < -0.4 is 4.74 Å². The van der Waals surface area contributed by atoms with Crippen LogP contribution in [0.4, 0.5) is 0 Å². The van der Waals surface area contributed by atoms with Crippen molar-refractivity contribution < 1.29 is 4.74 Å². The summed E-state index contributed by atoms with van der Waals surface area (Å²) in [6.45, 7) is 9.22. The van der Waals surface area contributed by atoms with E-state index in [1.165, 1.54) is 5.56 Å². The summed E-state index contributed by atoms with van der Waals surface area (Å²) in [5.41, 5.74) is 1.33. The molecule has 1 aromatic carbocycles. The van der Waals surface area contributed by atoms with Crippen molar-refractivity contribution in [1.29, 1.82) is 0 Å². The number of thioether (sulfide) groups is 1. The summed E-state index contributed by atoms with van der Waals surface area (Å²) in [4.78, 5) is 4.43. The molecule has 0 aliphatic heterocycles. The maximum Gasteiger partial charge on any atom is 0.208 e. The van der Waals surface area contributed by atoms with E-state index >= 15 is 0 Å². The van der Waals surface area contributed by atoms with E-state index in [1.807, 2.05) is 12.1 Å². The Kier molecular flexibility index (Phi) is 5.67. The highest BCUT2D eigenvalue weighted by molar-refractivity contribution is 7.99. The molecule has 0 spiro atoms. The van der Waals surface area contributed by atoms with E-state index in [2.05, 4.69) is 55.0 Å². The van der Waals surface area contributed by atoms with Crippen LogP contribution in [0.15, 0.2) is 29.4 Å². The summed E-state index contributed by atoms with van der Waals surface area (Å²) in [5.74, 6) is 3.61. The SMILES string of the molecule is CC(C)c1ccc(OCCSc2n[nH]c(C(C)C)n2)cc1. The van der Waals surface area contributed by atoms with Gasteiger partial charge in [0.1, 0.15) is 11.6 Å². The van der Waals surface area contributed by atoms with Gasteiger partial charge in [-0.25, -0.2) is 4.98 Å². The molecule has 1 N–H and O–H groups in total. The molecule has 0 aliphatic carbocycles. The average molecular weight is 305 g/mol. The molecular formula is C16H23N3OS. The second-order valence-corrected chi connectivity index (χ2v) is 6.64. The fraction of sp³-hybridized carbons (Fsp3) is 0.500. The van der Waals surface area contributed by atoms with Gasteiger partial charge in [0.15, 0.2) is 0 Å². The quantitative estimate of drug-likeness (QED) is 0.614. The highest BCUT2D eigenvalue weighted by Crippen LogP contribution is 2.19. The van der Waals surface area contributed by atoms with Crippen molar-refractivity contribution in [3.05, 3.63) is 35.7 Å². The first kappa shape index (κ1) is 15.9. The number of aromatic nitrogens is 3. The molecule has 0 unspecified atom stereocenters. The minimum absolute atomic E-state index is 0.377. The van der Waals surface area contributed by atoms with Crippen molar-refractivity contribution in [2.75, 3.05) is 12.4 Å². The molecule has 0 amide bonds. The smallest absolute Gasteiger partial charge is 0.208 e. The Morgan fingerprint density at radius 2 is 1.81 bits per heavy atom. The third-order valence-electron chi connectivity index (χ3n) is 3.16. The van der Waals surface area contributed by atoms with E-state index in [9.17, 15) is 0 Å². The van der Waals surface area contributed by atoms with Crippen LogP contribution in [0.25, 0.3) is 0 Å². The Balaban J connectivity index is 1.73. The predicted octanol–water partition coefficient (Wildman–Crippen LogP) is 4.22. The zero-order chi connectivity index (χ0) is 15.2. The van der Waals surface area contributed by atoms with E-state index < -0.39 is 0 Å². The highest BCUT2D eigenvalue weighted by Gasteiger charge is 2.07. The molecule has 0 saturated heterocycles. The summed E-state index contributed by atoms with van der Waals surface area (Å²) in [7, 11) is 0. The average Bonchev–Trinajstić information content (AvgIpc) is 2.93. The maximum atomic E-state index is 5.73. The second kappa shape index (κ2) is 7.50. The van der Waals surface area contributed by atoms with Crippen LogP contribution >= 0.6 is 11.8 Å². The number of nitrogens with zero attached hydrogens (tertiary/aromatic N) is 2. The zero-order valence-electron chi connectivity index (χ0n) is 13.1. The van der Waals surface area contributed by atoms with Crippen molar-refractivity contribution in [3.63, 3.8) is 0 Å². The van der Waals surface area contributed by atoms with Crippen LogP contribution in [0.1, 0.15) is 50.9 Å². The lowest BCUT2D eigenvalue weighted by molar-refractivity contribution is 0.343. The lowest BCUT2D eigenvalue weighted by atomic mass is 10.0. The molecule has 0 radical (unpaired) electrons. The number of hydrogen-bond donors (Lipinski definition) is 1. The van der Waals surface area contributed by atoms with Gasteiger partial charge in [0, 0.05) is 11.7 Å². The molecule has 0 bridgehead atoms. The minimum Gasteiger partial charge on any atom is -0.493 e. The fourth-order valence-corrected chi connectivity index (χ4v) is 2.44. The van der Waals surface area contributed by atoms with Crippen LogP contribution in [-0.4, -0.2) is 27.5 Å². The summed E-state index contributed by atoms with van der Waals surface area (Å²) in [5, 5.41) is 7.93. The van der Waals surface area contributed by atoms with Crippen LogP contribution in [0.3, 0.4) is 0 Å². The van der Waals surface area contributed by atoms with Gasteiger partial charge in [0.05, 0.1) is 6.61 Å². The Labute approximate surface area is 130 Å². The summed E-state index contributed by atoms with van der Waals surface area (Å²) in [6.07, 6.45) is 0. The van der Waals surface area contributed by atoms with E-state index in [-0.39, 0.29) is 0 Å². The second-order valence-electron chi connectivity index (χ2n) is 5.58. The van der Waals surface area contributed by atoms with Crippen LogP contribution in [0, 0.1) is 0 Å². The van der Waals surface area contributed by atoms with E-state index in [4.69, 9.17) is 4.74 Å². The lowest BCUT2D eigenvalue weighted by Crippen LogP contribution is -2.00. The standard InChI is InChI=1S/C16H23N3OS/c1-11(2)13-5-7-14(8-6-13)20-9-10-21-16-17-15(12(3)4)18-19-16/h5-8,11-12H,9-10H2,1-4H3,(H,17,18,19). The number of hydrogen-bond acceptors (Lipinski definition) is 4. The first-order valence-corrected chi connectivity index (χ1v) is 8.32. The lowest BCUT2D eigenvalue weighted by Gasteiger charge is -2.08.